The minimum absolute atomic E-state index is 0.0303. The molecule has 0 aliphatic heterocycles. The third-order valence-corrected chi connectivity index (χ3v) is 3.76. The lowest BCUT2D eigenvalue weighted by Gasteiger charge is -2.18. The molecule has 1 N–H and O–H groups in total. The number of thioether (sulfide) groups is 1. The lowest BCUT2D eigenvalue weighted by molar-refractivity contribution is -0.0327. The summed E-state index contributed by atoms with van der Waals surface area (Å²) in [7, 11) is 0. The number of alkyl halides is 4. The Morgan fingerprint density at radius 3 is 2.67 bits per heavy atom. The Balaban J connectivity index is 2.09. The van der Waals surface area contributed by atoms with Gasteiger partial charge in [0.1, 0.15) is 0 Å². The van der Waals surface area contributed by atoms with Gasteiger partial charge in [-0.1, -0.05) is 6.42 Å². The van der Waals surface area contributed by atoms with Crippen molar-refractivity contribution in [2.24, 2.45) is 5.92 Å². The molecule has 2 atom stereocenters. The molecule has 1 nitrogen and oxygen atoms in total. The van der Waals surface area contributed by atoms with E-state index in [1.807, 2.05) is 0 Å². The van der Waals surface area contributed by atoms with Gasteiger partial charge in [0.05, 0.1) is 0 Å². The fourth-order valence-corrected chi connectivity index (χ4v) is 2.72. The smallest absolute Gasteiger partial charge is 0.313 e. The van der Waals surface area contributed by atoms with E-state index in [0.717, 1.165) is 19.3 Å². The van der Waals surface area contributed by atoms with Gasteiger partial charge >= 0.3 is 5.51 Å². The van der Waals surface area contributed by atoms with Crippen molar-refractivity contribution in [2.75, 3.05) is 18.2 Å². The van der Waals surface area contributed by atoms with Crippen molar-refractivity contribution in [3.05, 3.63) is 0 Å². The normalized spacial score (nSPS) is 27.2. The Labute approximate surface area is 97.1 Å². The van der Waals surface area contributed by atoms with Gasteiger partial charge in [0, 0.05) is 24.2 Å². The van der Waals surface area contributed by atoms with E-state index >= 15 is 0 Å². The van der Waals surface area contributed by atoms with Gasteiger partial charge in [0.15, 0.2) is 0 Å². The SMILES string of the molecule is FC(F)(F)SCCNC1CCCC1CCl. The molecule has 1 rings (SSSR count). The molecular weight excluding hydrogens is 247 g/mol. The molecule has 0 aromatic rings. The molecule has 0 aromatic heterocycles. The van der Waals surface area contributed by atoms with Crippen LogP contribution in [-0.4, -0.2) is 29.7 Å². The summed E-state index contributed by atoms with van der Waals surface area (Å²) < 4.78 is 35.4. The second-order valence-corrected chi connectivity index (χ2v) is 5.17. The Morgan fingerprint density at radius 2 is 2.07 bits per heavy atom. The van der Waals surface area contributed by atoms with Crippen LogP contribution in [0.25, 0.3) is 0 Å². The number of nitrogens with one attached hydrogen (secondary N) is 1. The van der Waals surface area contributed by atoms with E-state index in [-0.39, 0.29) is 17.5 Å². The first-order valence-corrected chi connectivity index (χ1v) is 6.55. The van der Waals surface area contributed by atoms with Crippen molar-refractivity contribution in [1.29, 1.82) is 0 Å². The van der Waals surface area contributed by atoms with Crippen LogP contribution >= 0.6 is 23.4 Å². The fraction of sp³-hybridized carbons (Fsp3) is 1.00. The Bertz CT molecular complexity index is 189. The summed E-state index contributed by atoms with van der Waals surface area (Å²) in [6.45, 7) is 0.405. The van der Waals surface area contributed by atoms with Gasteiger partial charge in [-0.3, -0.25) is 0 Å². The number of rotatable bonds is 5. The fourth-order valence-electron chi connectivity index (χ4n) is 1.90. The third kappa shape index (κ3) is 5.31. The Kier molecular flexibility index (Phi) is 5.57. The largest absolute Gasteiger partial charge is 0.441 e. The molecule has 1 aliphatic carbocycles. The van der Waals surface area contributed by atoms with Crippen LogP contribution in [0.5, 0.6) is 0 Å². The van der Waals surface area contributed by atoms with E-state index in [9.17, 15) is 13.2 Å². The van der Waals surface area contributed by atoms with Crippen molar-refractivity contribution in [1.82, 2.24) is 5.32 Å². The summed E-state index contributed by atoms with van der Waals surface area (Å²) in [6.07, 6.45) is 3.25. The van der Waals surface area contributed by atoms with E-state index in [1.165, 1.54) is 0 Å². The molecular formula is C9H15ClF3NS. The van der Waals surface area contributed by atoms with E-state index < -0.39 is 5.51 Å². The van der Waals surface area contributed by atoms with Gasteiger partial charge in [-0.05, 0) is 30.5 Å². The lowest BCUT2D eigenvalue weighted by atomic mass is 10.1. The molecule has 90 valence electrons. The highest BCUT2D eigenvalue weighted by Crippen LogP contribution is 2.30. The van der Waals surface area contributed by atoms with Crippen LogP contribution in [0.2, 0.25) is 0 Å². The number of halogens is 4. The van der Waals surface area contributed by atoms with Crippen LogP contribution in [0.1, 0.15) is 19.3 Å². The van der Waals surface area contributed by atoms with Gasteiger partial charge in [0.25, 0.3) is 0 Å². The summed E-state index contributed by atoms with van der Waals surface area (Å²) in [4.78, 5) is 0. The van der Waals surface area contributed by atoms with E-state index in [4.69, 9.17) is 11.6 Å². The Morgan fingerprint density at radius 1 is 1.33 bits per heavy atom. The summed E-state index contributed by atoms with van der Waals surface area (Å²) in [5.74, 6) is 1.11. The molecule has 0 bridgehead atoms. The average Bonchev–Trinajstić information content (AvgIpc) is 2.58. The summed E-state index contributed by atoms with van der Waals surface area (Å²) >= 11 is 5.79. The molecule has 15 heavy (non-hydrogen) atoms. The van der Waals surface area contributed by atoms with Crippen molar-refractivity contribution < 1.29 is 13.2 Å². The van der Waals surface area contributed by atoms with Crippen molar-refractivity contribution in [3.8, 4) is 0 Å². The maximum atomic E-state index is 11.8. The van der Waals surface area contributed by atoms with Crippen LogP contribution in [-0.2, 0) is 0 Å². The van der Waals surface area contributed by atoms with Gasteiger partial charge in [-0.15, -0.1) is 11.6 Å². The molecule has 2 unspecified atom stereocenters. The molecule has 0 spiro atoms. The monoisotopic (exact) mass is 261 g/mol. The van der Waals surface area contributed by atoms with Crippen molar-refractivity contribution >= 4 is 23.4 Å². The average molecular weight is 262 g/mol. The minimum atomic E-state index is -4.11. The predicted molar refractivity (Wildman–Crippen MR) is 58.4 cm³/mol. The number of hydrogen-bond acceptors (Lipinski definition) is 2. The van der Waals surface area contributed by atoms with Gasteiger partial charge < -0.3 is 5.32 Å². The summed E-state index contributed by atoms with van der Waals surface area (Å²) in [6, 6.07) is 0.316. The van der Waals surface area contributed by atoms with E-state index in [1.54, 1.807) is 0 Å². The molecule has 1 aliphatic rings. The van der Waals surface area contributed by atoms with Crippen LogP contribution in [0.15, 0.2) is 0 Å². The standard InChI is InChI=1S/C9H15ClF3NS/c10-6-7-2-1-3-8(7)14-4-5-15-9(11,12)13/h7-8,14H,1-6H2. The van der Waals surface area contributed by atoms with Crippen molar-refractivity contribution in [2.45, 2.75) is 30.8 Å². The number of hydrogen-bond donors (Lipinski definition) is 1. The van der Waals surface area contributed by atoms with Crippen LogP contribution < -0.4 is 5.32 Å². The molecule has 0 saturated heterocycles. The second-order valence-electron chi connectivity index (χ2n) is 3.70. The van der Waals surface area contributed by atoms with Gasteiger partial charge in [-0.25, -0.2) is 0 Å². The van der Waals surface area contributed by atoms with Crippen LogP contribution in [0.4, 0.5) is 13.2 Å². The summed E-state index contributed by atoms with van der Waals surface area (Å²) in [5, 5.41) is 3.15. The molecule has 0 radical (unpaired) electrons. The Hall–Kier alpha value is 0.390. The second kappa shape index (κ2) is 6.21. The highest BCUT2D eigenvalue weighted by Gasteiger charge is 2.29. The zero-order chi connectivity index (χ0) is 11.3. The van der Waals surface area contributed by atoms with Gasteiger partial charge in [-0.2, -0.15) is 13.2 Å². The quantitative estimate of drug-likeness (QED) is 0.602. The molecule has 0 heterocycles. The third-order valence-electron chi connectivity index (χ3n) is 2.63. The molecule has 1 saturated carbocycles. The zero-order valence-corrected chi connectivity index (χ0v) is 9.89. The molecule has 6 heteroatoms. The van der Waals surface area contributed by atoms with Gasteiger partial charge in [0.2, 0.25) is 0 Å². The van der Waals surface area contributed by atoms with Crippen LogP contribution in [0, 0.1) is 5.92 Å². The minimum Gasteiger partial charge on any atom is -0.313 e. The summed E-state index contributed by atoms with van der Waals surface area (Å²) in [5.41, 5.74) is -4.11. The highest BCUT2D eigenvalue weighted by atomic mass is 35.5. The first-order valence-electron chi connectivity index (χ1n) is 5.03. The molecule has 0 aromatic carbocycles. The maximum Gasteiger partial charge on any atom is 0.441 e. The molecule has 0 amide bonds. The topological polar surface area (TPSA) is 12.0 Å². The predicted octanol–water partition coefficient (Wildman–Crippen LogP) is 3.24. The first kappa shape index (κ1) is 13.5. The lowest BCUT2D eigenvalue weighted by Crippen LogP contribution is -2.35. The van der Waals surface area contributed by atoms with E-state index in [0.29, 0.717) is 24.4 Å². The van der Waals surface area contributed by atoms with E-state index in [2.05, 4.69) is 5.32 Å². The van der Waals surface area contributed by atoms with Crippen LogP contribution in [0.3, 0.4) is 0 Å². The maximum absolute atomic E-state index is 11.8. The van der Waals surface area contributed by atoms with Crippen molar-refractivity contribution in [3.63, 3.8) is 0 Å². The molecule has 1 fully saturated rings. The highest BCUT2D eigenvalue weighted by molar-refractivity contribution is 8.00. The first-order chi connectivity index (χ1) is 7.03. The zero-order valence-electron chi connectivity index (χ0n) is 8.32.